The topological polar surface area (TPSA) is 24.1 Å². The van der Waals surface area contributed by atoms with E-state index in [9.17, 15) is 0 Å². The smallest absolute Gasteiger partial charge is 0.0158 e. The van der Waals surface area contributed by atoms with Crippen LogP contribution in [0.1, 0.15) is 6.42 Å². The van der Waals surface area contributed by atoms with Gasteiger partial charge in [0, 0.05) is 13.1 Å². The number of rotatable bonds is 6. The van der Waals surface area contributed by atoms with E-state index in [1.54, 1.807) is 12.4 Å². The summed E-state index contributed by atoms with van der Waals surface area (Å²) >= 11 is 0. The van der Waals surface area contributed by atoms with Gasteiger partial charge >= 0.3 is 0 Å². The molecule has 2 nitrogen and oxygen atoms in total. The zero-order valence-electron chi connectivity index (χ0n) is 5.69. The van der Waals surface area contributed by atoms with Crippen molar-refractivity contribution in [3.63, 3.8) is 0 Å². The molecular formula is C7H14N2. The lowest BCUT2D eigenvalue weighted by atomic mass is 10.4. The molecule has 0 unspecified atom stereocenters. The lowest BCUT2D eigenvalue weighted by Crippen LogP contribution is -2.14. The Morgan fingerprint density at radius 3 is 1.78 bits per heavy atom. The van der Waals surface area contributed by atoms with Crippen molar-refractivity contribution in [2.24, 2.45) is 0 Å². The zero-order chi connectivity index (χ0) is 6.95. The van der Waals surface area contributed by atoms with Gasteiger partial charge in [0.25, 0.3) is 0 Å². The van der Waals surface area contributed by atoms with Crippen LogP contribution in [0.25, 0.3) is 0 Å². The normalized spacial score (nSPS) is 8.00. The second kappa shape index (κ2) is 7.08. The van der Waals surface area contributed by atoms with Gasteiger partial charge in [-0.1, -0.05) is 13.2 Å². The monoisotopic (exact) mass is 126 g/mol. The first-order valence-electron chi connectivity index (χ1n) is 3.10. The van der Waals surface area contributed by atoms with Crippen LogP contribution in [-0.2, 0) is 0 Å². The molecule has 9 heavy (non-hydrogen) atoms. The van der Waals surface area contributed by atoms with Gasteiger partial charge in [0.15, 0.2) is 0 Å². The van der Waals surface area contributed by atoms with Crippen LogP contribution in [0.3, 0.4) is 0 Å². The lowest BCUT2D eigenvalue weighted by molar-refractivity contribution is 0.712. The average molecular weight is 126 g/mol. The minimum Gasteiger partial charge on any atom is -0.391 e. The summed E-state index contributed by atoms with van der Waals surface area (Å²) in [6.07, 6.45) is 4.50. The van der Waals surface area contributed by atoms with E-state index in [1.807, 2.05) is 0 Å². The van der Waals surface area contributed by atoms with Gasteiger partial charge in [-0.15, -0.1) is 0 Å². The fourth-order valence-electron chi connectivity index (χ4n) is 0.497. The molecule has 52 valence electrons. The van der Waals surface area contributed by atoms with E-state index in [0.717, 1.165) is 19.5 Å². The summed E-state index contributed by atoms with van der Waals surface area (Å²) < 4.78 is 0. The van der Waals surface area contributed by atoms with Crippen molar-refractivity contribution in [3.8, 4) is 0 Å². The predicted octanol–water partition coefficient (Wildman–Crippen LogP) is 0.843. The number of hydrogen-bond donors (Lipinski definition) is 2. The molecule has 0 aromatic carbocycles. The maximum atomic E-state index is 3.53. The Kier molecular flexibility index (Phi) is 6.36. The molecule has 0 aromatic rings. The summed E-state index contributed by atoms with van der Waals surface area (Å²) in [5.41, 5.74) is 0. The van der Waals surface area contributed by atoms with Gasteiger partial charge in [-0.05, 0) is 18.8 Å². The molecule has 0 fully saturated rings. The van der Waals surface area contributed by atoms with Gasteiger partial charge in [-0.25, -0.2) is 0 Å². The van der Waals surface area contributed by atoms with Crippen LogP contribution >= 0.6 is 0 Å². The van der Waals surface area contributed by atoms with E-state index in [1.165, 1.54) is 0 Å². The van der Waals surface area contributed by atoms with E-state index >= 15 is 0 Å². The van der Waals surface area contributed by atoms with Crippen molar-refractivity contribution in [1.82, 2.24) is 10.6 Å². The van der Waals surface area contributed by atoms with E-state index in [4.69, 9.17) is 0 Å². The minimum atomic E-state index is 0.977. The maximum Gasteiger partial charge on any atom is 0.0158 e. The molecule has 0 aliphatic rings. The average Bonchev–Trinajstić information content (AvgIpc) is 1.89. The summed E-state index contributed by atoms with van der Waals surface area (Å²) in [6.45, 7) is 9.01. The van der Waals surface area contributed by atoms with Gasteiger partial charge in [0.05, 0.1) is 0 Å². The lowest BCUT2D eigenvalue weighted by Gasteiger charge is -1.99. The minimum absolute atomic E-state index is 0.977. The molecule has 0 bridgehead atoms. The molecule has 0 heterocycles. The third kappa shape index (κ3) is 7.08. The van der Waals surface area contributed by atoms with Crippen molar-refractivity contribution in [3.05, 3.63) is 25.6 Å². The summed E-state index contributed by atoms with van der Waals surface area (Å²) in [6, 6.07) is 0. The maximum absolute atomic E-state index is 3.53. The molecule has 0 atom stereocenters. The standard InChI is InChI=1S/C7H14N2/c1-3-8-6-5-7-9-4-2/h3-4,8-9H,1-2,5-7H2. The van der Waals surface area contributed by atoms with Gasteiger partial charge in [0.1, 0.15) is 0 Å². The van der Waals surface area contributed by atoms with Crippen molar-refractivity contribution in [2.45, 2.75) is 6.42 Å². The summed E-state index contributed by atoms with van der Waals surface area (Å²) in [4.78, 5) is 0. The Morgan fingerprint density at radius 2 is 1.44 bits per heavy atom. The fraction of sp³-hybridized carbons (Fsp3) is 0.429. The van der Waals surface area contributed by atoms with Crippen molar-refractivity contribution < 1.29 is 0 Å². The highest BCUT2D eigenvalue weighted by atomic mass is 14.9. The van der Waals surface area contributed by atoms with Crippen molar-refractivity contribution in [1.29, 1.82) is 0 Å². The zero-order valence-corrected chi connectivity index (χ0v) is 5.69. The molecule has 0 rings (SSSR count). The first-order valence-corrected chi connectivity index (χ1v) is 3.10. The van der Waals surface area contributed by atoms with E-state index < -0.39 is 0 Å². The first kappa shape index (κ1) is 8.08. The molecule has 2 heteroatoms. The Morgan fingerprint density at radius 1 is 1.00 bits per heavy atom. The SMILES string of the molecule is C=CNCCCNC=C. The molecular weight excluding hydrogens is 112 g/mol. The predicted molar refractivity (Wildman–Crippen MR) is 41.0 cm³/mol. The van der Waals surface area contributed by atoms with Crippen molar-refractivity contribution in [2.75, 3.05) is 13.1 Å². The van der Waals surface area contributed by atoms with Crippen LogP contribution in [0.15, 0.2) is 25.6 Å². The molecule has 2 N–H and O–H groups in total. The molecule has 0 aliphatic carbocycles. The third-order valence-corrected chi connectivity index (χ3v) is 0.931. The first-order chi connectivity index (χ1) is 4.41. The van der Waals surface area contributed by atoms with Crippen LogP contribution in [0.5, 0.6) is 0 Å². The van der Waals surface area contributed by atoms with E-state index in [-0.39, 0.29) is 0 Å². The molecule has 0 spiro atoms. The van der Waals surface area contributed by atoms with Crippen molar-refractivity contribution >= 4 is 0 Å². The van der Waals surface area contributed by atoms with E-state index in [2.05, 4.69) is 23.8 Å². The third-order valence-electron chi connectivity index (χ3n) is 0.931. The Bertz CT molecular complexity index is 69.0. The fourth-order valence-corrected chi connectivity index (χ4v) is 0.497. The molecule has 0 amide bonds. The second-order valence-corrected chi connectivity index (χ2v) is 1.67. The molecule has 0 aliphatic heterocycles. The van der Waals surface area contributed by atoms with Crippen LogP contribution in [0.4, 0.5) is 0 Å². The van der Waals surface area contributed by atoms with Gasteiger partial charge in [-0.3, -0.25) is 0 Å². The van der Waals surface area contributed by atoms with Crippen LogP contribution in [-0.4, -0.2) is 13.1 Å². The van der Waals surface area contributed by atoms with Gasteiger partial charge in [-0.2, -0.15) is 0 Å². The second-order valence-electron chi connectivity index (χ2n) is 1.67. The Balaban J connectivity index is 2.74. The highest BCUT2D eigenvalue weighted by Gasteiger charge is 1.79. The Hall–Kier alpha value is -0.920. The molecule has 0 saturated heterocycles. The molecule has 0 saturated carbocycles. The number of hydrogen-bond acceptors (Lipinski definition) is 2. The van der Waals surface area contributed by atoms with Crippen LogP contribution < -0.4 is 10.6 Å². The highest BCUT2D eigenvalue weighted by Crippen LogP contribution is 1.71. The quantitative estimate of drug-likeness (QED) is 0.515. The van der Waals surface area contributed by atoms with Gasteiger partial charge < -0.3 is 10.6 Å². The van der Waals surface area contributed by atoms with E-state index in [0.29, 0.717) is 0 Å². The summed E-state index contributed by atoms with van der Waals surface area (Å²) in [7, 11) is 0. The number of nitrogens with one attached hydrogen (secondary N) is 2. The highest BCUT2D eigenvalue weighted by molar-refractivity contribution is 4.65. The van der Waals surface area contributed by atoms with Crippen LogP contribution in [0.2, 0.25) is 0 Å². The van der Waals surface area contributed by atoms with Crippen LogP contribution in [0, 0.1) is 0 Å². The van der Waals surface area contributed by atoms with Gasteiger partial charge in [0.2, 0.25) is 0 Å². The largest absolute Gasteiger partial charge is 0.391 e. The summed E-state index contributed by atoms with van der Waals surface area (Å²) in [5.74, 6) is 0. The Labute approximate surface area is 56.6 Å². The molecule has 0 radical (unpaired) electrons. The molecule has 0 aromatic heterocycles. The summed E-state index contributed by atoms with van der Waals surface area (Å²) in [5, 5.41) is 5.99.